The minimum absolute atomic E-state index is 0.0837. The number of β-amino-alcohol motifs (C(OH)–C–C–N with tert-alkyl or cyclic N) is 1. The molecule has 2 N–H and O–H groups in total. The number of nitrogens with one attached hydrogen (secondary N) is 1. The van der Waals surface area contributed by atoms with Crippen LogP contribution in [-0.4, -0.2) is 95.1 Å². The van der Waals surface area contributed by atoms with Crippen LogP contribution in [0.2, 0.25) is 0 Å². The highest BCUT2D eigenvalue weighted by molar-refractivity contribution is 5.96. The van der Waals surface area contributed by atoms with Gasteiger partial charge in [0.15, 0.2) is 0 Å². The summed E-state index contributed by atoms with van der Waals surface area (Å²) in [7, 11) is 1.12. The maximum atomic E-state index is 13.3. The number of urea groups is 1. The third-order valence-corrected chi connectivity index (χ3v) is 8.54. The number of amides is 4. The van der Waals surface area contributed by atoms with Crippen molar-refractivity contribution >= 4 is 29.5 Å². The van der Waals surface area contributed by atoms with Crippen LogP contribution < -0.4 is 5.32 Å². The Balaban J connectivity index is 1.40. The molecule has 43 heavy (non-hydrogen) atoms. The van der Waals surface area contributed by atoms with Gasteiger partial charge in [0.1, 0.15) is 12.1 Å². The first-order valence-corrected chi connectivity index (χ1v) is 13.7. The number of hydrogen-bond acceptors (Lipinski definition) is 6. The summed E-state index contributed by atoms with van der Waals surface area (Å²) in [5.41, 5.74) is -4.56. The lowest BCUT2D eigenvalue weighted by Gasteiger charge is -2.42. The molecule has 1 aliphatic carbocycles. The standard InChI is InChI=1S/C27H32F6N4O6/c1-15-22(40)37(19(23(41)43-2)5-6-21(39)35-10-9-25(7-8-25)20(38)14-35)12-11-36(15)24(42)34-16-3-4-17(26(28,29)30)18(13-16)27(31,32)33/h3-4,13,15,19-20,38H,5-12,14H2,1-2H3,(H,34,42)/t15?,19-,20+/m0/s1. The maximum Gasteiger partial charge on any atom is 0.417 e. The summed E-state index contributed by atoms with van der Waals surface area (Å²) in [6.07, 6.45) is -8.92. The summed E-state index contributed by atoms with van der Waals surface area (Å²) in [5, 5.41) is 12.5. The number of piperazine rings is 1. The Labute approximate surface area is 242 Å². The van der Waals surface area contributed by atoms with Crippen molar-refractivity contribution in [1.29, 1.82) is 0 Å². The molecule has 1 saturated carbocycles. The molecular formula is C27H32F6N4O6. The molecule has 3 fully saturated rings. The van der Waals surface area contributed by atoms with Gasteiger partial charge in [-0.25, -0.2) is 9.59 Å². The van der Waals surface area contributed by atoms with E-state index in [0.717, 1.165) is 29.8 Å². The fraction of sp³-hybridized carbons (Fsp3) is 0.630. The molecule has 2 heterocycles. The van der Waals surface area contributed by atoms with Crippen LogP contribution in [0, 0.1) is 5.41 Å². The van der Waals surface area contributed by atoms with Gasteiger partial charge in [0, 0.05) is 38.3 Å². The smallest absolute Gasteiger partial charge is 0.417 e. The molecule has 0 radical (unpaired) electrons. The zero-order chi connectivity index (χ0) is 31.9. The molecule has 0 aromatic heterocycles. The highest BCUT2D eigenvalue weighted by atomic mass is 19.4. The van der Waals surface area contributed by atoms with Crippen molar-refractivity contribution in [3.05, 3.63) is 29.3 Å². The first-order valence-electron chi connectivity index (χ1n) is 13.7. The number of aliphatic hydroxyl groups excluding tert-OH is 1. The monoisotopic (exact) mass is 622 g/mol. The molecule has 1 aromatic rings. The van der Waals surface area contributed by atoms with Gasteiger partial charge in [-0.15, -0.1) is 0 Å². The lowest BCUT2D eigenvalue weighted by atomic mass is 9.90. The molecule has 2 saturated heterocycles. The third-order valence-electron chi connectivity index (χ3n) is 8.54. The number of ether oxygens (including phenoxy) is 1. The summed E-state index contributed by atoms with van der Waals surface area (Å²) >= 11 is 0. The van der Waals surface area contributed by atoms with E-state index in [1.54, 1.807) is 0 Å². The van der Waals surface area contributed by atoms with Gasteiger partial charge in [-0.1, -0.05) is 0 Å². The molecule has 1 spiro atoms. The Morgan fingerprint density at radius 1 is 1.05 bits per heavy atom. The third kappa shape index (κ3) is 6.83. The number of nitrogens with zero attached hydrogens (tertiary/aromatic N) is 3. The fourth-order valence-corrected chi connectivity index (χ4v) is 5.72. The number of carbonyl (C=O) groups excluding carboxylic acids is 4. The molecule has 1 aromatic carbocycles. The minimum atomic E-state index is -5.35. The second kappa shape index (κ2) is 11.8. The van der Waals surface area contributed by atoms with Crippen molar-refractivity contribution in [1.82, 2.24) is 14.7 Å². The van der Waals surface area contributed by atoms with E-state index >= 15 is 0 Å². The van der Waals surface area contributed by atoms with Crippen LogP contribution in [0.15, 0.2) is 18.2 Å². The van der Waals surface area contributed by atoms with E-state index in [2.05, 4.69) is 5.32 Å². The van der Waals surface area contributed by atoms with Gasteiger partial charge in [0.2, 0.25) is 11.8 Å². The van der Waals surface area contributed by atoms with Crippen molar-refractivity contribution < 1.29 is 55.4 Å². The molecule has 4 amide bonds. The van der Waals surface area contributed by atoms with Crippen LogP contribution in [0.5, 0.6) is 0 Å². The number of anilines is 1. The quantitative estimate of drug-likeness (QED) is 0.371. The van der Waals surface area contributed by atoms with E-state index < -0.39 is 65.3 Å². The van der Waals surface area contributed by atoms with Gasteiger partial charge in [0.25, 0.3) is 0 Å². The first-order chi connectivity index (χ1) is 20.0. The Morgan fingerprint density at radius 2 is 1.70 bits per heavy atom. The summed E-state index contributed by atoms with van der Waals surface area (Å²) in [6.45, 7) is 1.63. The largest absolute Gasteiger partial charge is 0.467 e. The van der Waals surface area contributed by atoms with Crippen molar-refractivity contribution in [3.8, 4) is 0 Å². The molecular weight excluding hydrogens is 590 g/mol. The summed E-state index contributed by atoms with van der Waals surface area (Å²) < 4.78 is 84.0. The topological polar surface area (TPSA) is 119 Å². The van der Waals surface area contributed by atoms with E-state index in [1.165, 1.54) is 11.8 Å². The Hall–Kier alpha value is -3.56. The molecule has 3 atom stereocenters. The number of esters is 1. The number of rotatable bonds is 6. The zero-order valence-corrected chi connectivity index (χ0v) is 23.4. The number of methoxy groups -OCH3 is 1. The first kappa shape index (κ1) is 32.4. The number of piperidine rings is 1. The maximum absolute atomic E-state index is 13.3. The Morgan fingerprint density at radius 3 is 2.26 bits per heavy atom. The zero-order valence-electron chi connectivity index (χ0n) is 23.4. The number of aliphatic hydroxyl groups is 1. The molecule has 238 valence electrons. The molecule has 0 bridgehead atoms. The van der Waals surface area contributed by atoms with Crippen molar-refractivity contribution in [2.24, 2.45) is 5.41 Å². The normalized spacial score (nSPS) is 22.8. The fourth-order valence-electron chi connectivity index (χ4n) is 5.72. The van der Waals surface area contributed by atoms with Crippen LogP contribution >= 0.6 is 0 Å². The van der Waals surface area contributed by atoms with Crippen molar-refractivity contribution in [3.63, 3.8) is 0 Å². The van der Waals surface area contributed by atoms with Crippen LogP contribution in [0.25, 0.3) is 0 Å². The molecule has 3 aliphatic rings. The predicted octanol–water partition coefficient (Wildman–Crippen LogP) is 3.48. The van der Waals surface area contributed by atoms with E-state index in [-0.39, 0.29) is 55.9 Å². The van der Waals surface area contributed by atoms with E-state index in [1.807, 2.05) is 0 Å². The molecule has 4 rings (SSSR count). The Bertz CT molecular complexity index is 1270. The van der Waals surface area contributed by atoms with Crippen LogP contribution in [0.3, 0.4) is 0 Å². The number of likely N-dealkylation sites (tertiary alicyclic amines) is 1. The average Bonchev–Trinajstić information content (AvgIpc) is 3.71. The summed E-state index contributed by atoms with van der Waals surface area (Å²) in [5.74, 6) is -1.78. The highest BCUT2D eigenvalue weighted by Gasteiger charge is 2.52. The predicted molar refractivity (Wildman–Crippen MR) is 137 cm³/mol. The van der Waals surface area contributed by atoms with Gasteiger partial charge in [0.05, 0.1) is 24.3 Å². The molecule has 2 aliphatic heterocycles. The van der Waals surface area contributed by atoms with Gasteiger partial charge < -0.3 is 29.9 Å². The summed E-state index contributed by atoms with van der Waals surface area (Å²) in [6, 6.07) is -2.35. The summed E-state index contributed by atoms with van der Waals surface area (Å²) in [4.78, 5) is 55.3. The van der Waals surface area contributed by atoms with Gasteiger partial charge in [-0.2, -0.15) is 26.3 Å². The van der Waals surface area contributed by atoms with E-state index in [0.29, 0.717) is 19.0 Å². The SMILES string of the molecule is COC(=O)[C@H](CCC(=O)N1CCC2(CC2)[C@H](O)C1)N1CCN(C(=O)Nc2ccc(C(F)(F)F)c(C(F)(F)F)c2)C(C)C1=O. The van der Waals surface area contributed by atoms with Crippen LogP contribution in [-0.2, 0) is 31.5 Å². The number of hydrogen-bond donors (Lipinski definition) is 2. The average molecular weight is 623 g/mol. The Kier molecular flexibility index (Phi) is 8.91. The molecule has 10 nitrogen and oxygen atoms in total. The van der Waals surface area contributed by atoms with E-state index in [9.17, 15) is 50.6 Å². The highest BCUT2D eigenvalue weighted by Crippen LogP contribution is 2.53. The lowest BCUT2D eigenvalue weighted by Crippen LogP contribution is -2.62. The number of carbonyl (C=O) groups is 4. The van der Waals surface area contributed by atoms with Gasteiger partial charge in [-0.05, 0) is 56.2 Å². The van der Waals surface area contributed by atoms with Crippen molar-refractivity contribution in [2.75, 3.05) is 38.6 Å². The lowest BCUT2D eigenvalue weighted by molar-refractivity contribution is -0.162. The van der Waals surface area contributed by atoms with Crippen molar-refractivity contribution in [2.45, 2.75) is 69.6 Å². The van der Waals surface area contributed by atoms with Crippen LogP contribution in [0.4, 0.5) is 36.8 Å². The van der Waals surface area contributed by atoms with Gasteiger partial charge in [-0.3, -0.25) is 9.59 Å². The molecule has 16 heteroatoms. The second-order valence-corrected chi connectivity index (χ2v) is 11.1. The van der Waals surface area contributed by atoms with E-state index in [4.69, 9.17) is 4.74 Å². The molecule has 1 unspecified atom stereocenters. The van der Waals surface area contributed by atoms with Gasteiger partial charge >= 0.3 is 24.4 Å². The minimum Gasteiger partial charge on any atom is -0.467 e. The number of halogens is 6. The van der Waals surface area contributed by atoms with Crippen LogP contribution in [0.1, 0.15) is 50.2 Å². The number of alkyl halides is 6. The number of benzene rings is 1. The second-order valence-electron chi connectivity index (χ2n) is 11.1.